The summed E-state index contributed by atoms with van der Waals surface area (Å²) in [6, 6.07) is 9.92. The molecule has 0 spiro atoms. The number of esters is 2. The Bertz CT molecular complexity index is 1080. The minimum absolute atomic E-state index is 0.00734. The molecule has 1 atom stereocenters. The van der Waals surface area contributed by atoms with E-state index in [0.29, 0.717) is 10.7 Å². The molecule has 10 heteroatoms. The Hall–Kier alpha value is -2.55. The van der Waals surface area contributed by atoms with E-state index in [1.165, 1.54) is 18.2 Å². The standard InChI is InChI=1S/C20H17Cl2NO6S/c1-2-10-23(14-5-3-13(21)4-6-14)30(26,27)15-7-8-17(22)16(12-15)19(24)29-18-9-11-28-20(18)25/h2-8,12,18H,1,9-11H2. The minimum atomic E-state index is -4.08. The zero-order chi connectivity index (χ0) is 21.9. The molecule has 0 amide bonds. The number of sulfonamides is 1. The van der Waals surface area contributed by atoms with Gasteiger partial charge in [0.25, 0.3) is 10.0 Å². The first-order valence-electron chi connectivity index (χ1n) is 8.80. The van der Waals surface area contributed by atoms with Crippen molar-refractivity contribution in [3.63, 3.8) is 0 Å². The van der Waals surface area contributed by atoms with Crippen molar-refractivity contribution in [3.05, 3.63) is 70.7 Å². The van der Waals surface area contributed by atoms with Gasteiger partial charge in [-0.3, -0.25) is 4.31 Å². The molecule has 1 heterocycles. The molecule has 2 aromatic carbocycles. The lowest BCUT2D eigenvalue weighted by molar-refractivity contribution is -0.145. The van der Waals surface area contributed by atoms with E-state index in [-0.39, 0.29) is 35.1 Å². The third-order valence-corrected chi connectivity index (χ3v) is 6.66. The summed E-state index contributed by atoms with van der Waals surface area (Å²) in [5, 5.41) is 0.448. The van der Waals surface area contributed by atoms with E-state index in [1.807, 2.05) is 0 Å². The van der Waals surface area contributed by atoms with Crippen molar-refractivity contribution in [2.75, 3.05) is 17.5 Å². The average molecular weight is 470 g/mol. The van der Waals surface area contributed by atoms with Crippen LogP contribution in [0.3, 0.4) is 0 Å². The summed E-state index contributed by atoms with van der Waals surface area (Å²) < 4.78 is 37.5. The van der Waals surface area contributed by atoms with Crippen LogP contribution >= 0.6 is 23.2 Å². The van der Waals surface area contributed by atoms with Crippen molar-refractivity contribution in [1.29, 1.82) is 0 Å². The van der Waals surface area contributed by atoms with Gasteiger partial charge in [-0.05, 0) is 42.5 Å². The molecule has 0 radical (unpaired) electrons. The monoisotopic (exact) mass is 469 g/mol. The number of hydrogen-bond acceptors (Lipinski definition) is 6. The number of nitrogens with zero attached hydrogens (tertiary/aromatic N) is 1. The first kappa shape index (κ1) is 22.1. The van der Waals surface area contributed by atoms with Gasteiger partial charge in [0.15, 0.2) is 0 Å². The van der Waals surface area contributed by atoms with Gasteiger partial charge in [0, 0.05) is 11.4 Å². The Morgan fingerprint density at radius 2 is 1.93 bits per heavy atom. The normalized spacial score (nSPS) is 16.1. The van der Waals surface area contributed by atoms with Gasteiger partial charge in [0.2, 0.25) is 6.10 Å². The van der Waals surface area contributed by atoms with E-state index in [0.717, 1.165) is 10.4 Å². The first-order chi connectivity index (χ1) is 14.2. The fourth-order valence-electron chi connectivity index (χ4n) is 2.79. The van der Waals surface area contributed by atoms with Crippen LogP contribution in [-0.4, -0.2) is 39.6 Å². The number of halogens is 2. The molecule has 0 saturated carbocycles. The second-order valence-electron chi connectivity index (χ2n) is 6.29. The van der Waals surface area contributed by atoms with Crippen molar-refractivity contribution in [2.45, 2.75) is 17.4 Å². The quantitative estimate of drug-likeness (QED) is 0.451. The van der Waals surface area contributed by atoms with Crippen molar-refractivity contribution in [2.24, 2.45) is 0 Å². The van der Waals surface area contributed by atoms with Crippen LogP contribution in [0.25, 0.3) is 0 Å². The fraction of sp³-hybridized carbons (Fsp3) is 0.200. The third kappa shape index (κ3) is 4.61. The van der Waals surface area contributed by atoms with Gasteiger partial charge in [0.1, 0.15) is 0 Å². The molecule has 7 nitrogen and oxygen atoms in total. The first-order valence-corrected chi connectivity index (χ1v) is 11.0. The minimum Gasteiger partial charge on any atom is -0.463 e. The lowest BCUT2D eigenvalue weighted by Gasteiger charge is -2.23. The average Bonchev–Trinajstić information content (AvgIpc) is 3.11. The lowest BCUT2D eigenvalue weighted by atomic mass is 10.2. The second kappa shape index (κ2) is 9.07. The third-order valence-electron chi connectivity index (χ3n) is 4.29. The highest BCUT2D eigenvalue weighted by Gasteiger charge is 2.32. The van der Waals surface area contributed by atoms with Crippen molar-refractivity contribution >= 4 is 50.9 Å². The van der Waals surface area contributed by atoms with Gasteiger partial charge in [0.05, 0.1) is 34.3 Å². The van der Waals surface area contributed by atoms with E-state index >= 15 is 0 Å². The number of ether oxygens (including phenoxy) is 2. The number of benzene rings is 2. The summed E-state index contributed by atoms with van der Waals surface area (Å²) >= 11 is 12.0. The number of hydrogen-bond donors (Lipinski definition) is 0. The Morgan fingerprint density at radius 1 is 1.23 bits per heavy atom. The van der Waals surface area contributed by atoms with Gasteiger partial charge in [-0.1, -0.05) is 29.3 Å². The van der Waals surface area contributed by atoms with Crippen LogP contribution in [0.15, 0.2) is 60.0 Å². The largest absolute Gasteiger partial charge is 0.463 e. The van der Waals surface area contributed by atoms with E-state index in [9.17, 15) is 18.0 Å². The summed E-state index contributed by atoms with van der Waals surface area (Å²) in [7, 11) is -4.08. The Balaban J connectivity index is 1.95. The molecule has 1 fully saturated rings. The van der Waals surface area contributed by atoms with E-state index in [4.69, 9.17) is 32.7 Å². The molecule has 2 aromatic rings. The molecule has 0 N–H and O–H groups in total. The molecule has 0 aromatic heterocycles. The van der Waals surface area contributed by atoms with Crippen LogP contribution < -0.4 is 4.31 Å². The van der Waals surface area contributed by atoms with Crippen LogP contribution in [0.4, 0.5) is 5.69 Å². The number of rotatable bonds is 7. The van der Waals surface area contributed by atoms with Crippen LogP contribution in [0.2, 0.25) is 10.0 Å². The highest BCUT2D eigenvalue weighted by molar-refractivity contribution is 7.92. The Labute approximate surface area is 183 Å². The highest BCUT2D eigenvalue weighted by Crippen LogP contribution is 2.28. The molecule has 1 unspecified atom stereocenters. The van der Waals surface area contributed by atoms with Gasteiger partial charge in [-0.25, -0.2) is 18.0 Å². The molecular weight excluding hydrogens is 453 g/mol. The SMILES string of the molecule is C=CCN(c1ccc(Cl)cc1)S(=O)(=O)c1ccc(Cl)c(C(=O)OC2CCOC2=O)c1. The maximum Gasteiger partial charge on any atom is 0.347 e. The zero-order valence-electron chi connectivity index (χ0n) is 15.6. The Kier molecular flexibility index (Phi) is 6.70. The van der Waals surface area contributed by atoms with Crippen LogP contribution in [0.1, 0.15) is 16.8 Å². The maximum atomic E-state index is 13.3. The van der Waals surface area contributed by atoms with Gasteiger partial charge < -0.3 is 9.47 Å². The summed E-state index contributed by atoms with van der Waals surface area (Å²) in [5.74, 6) is -1.56. The molecule has 0 bridgehead atoms. The van der Waals surface area contributed by atoms with E-state index < -0.39 is 28.1 Å². The summed E-state index contributed by atoms with van der Waals surface area (Å²) in [6.45, 7) is 3.74. The predicted molar refractivity (Wildman–Crippen MR) is 112 cm³/mol. The highest BCUT2D eigenvalue weighted by atomic mass is 35.5. The van der Waals surface area contributed by atoms with E-state index in [2.05, 4.69) is 6.58 Å². The molecular formula is C20H17Cl2NO6S. The number of carbonyl (C=O) groups is 2. The summed E-state index contributed by atoms with van der Waals surface area (Å²) in [5.41, 5.74) is 0.194. The number of anilines is 1. The van der Waals surface area contributed by atoms with Gasteiger partial charge in [-0.15, -0.1) is 6.58 Å². The molecule has 1 saturated heterocycles. The molecule has 30 heavy (non-hydrogen) atoms. The summed E-state index contributed by atoms with van der Waals surface area (Å²) in [6.07, 6.45) is 0.618. The summed E-state index contributed by atoms with van der Waals surface area (Å²) in [4.78, 5) is 23.9. The van der Waals surface area contributed by atoms with Crippen molar-refractivity contribution in [1.82, 2.24) is 0 Å². The predicted octanol–water partition coefficient (Wildman–Crippen LogP) is 3.85. The Morgan fingerprint density at radius 3 is 2.53 bits per heavy atom. The van der Waals surface area contributed by atoms with Crippen LogP contribution in [0.5, 0.6) is 0 Å². The lowest BCUT2D eigenvalue weighted by Crippen LogP contribution is -2.31. The van der Waals surface area contributed by atoms with Crippen molar-refractivity contribution in [3.8, 4) is 0 Å². The fourth-order valence-corrected chi connectivity index (χ4v) is 4.58. The molecule has 0 aliphatic carbocycles. The molecule has 3 rings (SSSR count). The zero-order valence-corrected chi connectivity index (χ0v) is 17.9. The van der Waals surface area contributed by atoms with Crippen LogP contribution in [-0.2, 0) is 24.3 Å². The number of cyclic esters (lactones) is 1. The number of carbonyl (C=O) groups excluding carboxylic acids is 2. The van der Waals surface area contributed by atoms with Gasteiger partial charge >= 0.3 is 11.9 Å². The molecule has 158 valence electrons. The van der Waals surface area contributed by atoms with Crippen LogP contribution in [0, 0.1) is 0 Å². The smallest absolute Gasteiger partial charge is 0.347 e. The maximum absolute atomic E-state index is 13.3. The topological polar surface area (TPSA) is 90.0 Å². The van der Waals surface area contributed by atoms with Gasteiger partial charge in [-0.2, -0.15) is 0 Å². The van der Waals surface area contributed by atoms with E-state index in [1.54, 1.807) is 24.3 Å². The molecule has 1 aliphatic heterocycles. The molecule has 1 aliphatic rings. The second-order valence-corrected chi connectivity index (χ2v) is 9.00. The van der Waals surface area contributed by atoms with Crippen molar-refractivity contribution < 1.29 is 27.5 Å².